The van der Waals surface area contributed by atoms with Gasteiger partial charge in [0.2, 0.25) is 0 Å². The Morgan fingerprint density at radius 1 is 1.33 bits per heavy atom. The number of carbonyl (C=O) groups excluding carboxylic acids is 1. The van der Waals surface area contributed by atoms with Crippen LogP contribution in [-0.2, 0) is 6.54 Å². The van der Waals surface area contributed by atoms with Crippen LogP contribution >= 0.6 is 15.9 Å². The van der Waals surface area contributed by atoms with Crippen LogP contribution in [0.3, 0.4) is 0 Å². The van der Waals surface area contributed by atoms with Crippen molar-refractivity contribution in [2.75, 3.05) is 0 Å². The number of halogens is 2. The van der Waals surface area contributed by atoms with E-state index >= 15 is 0 Å². The molecule has 1 aromatic heterocycles. The van der Waals surface area contributed by atoms with Crippen LogP contribution in [0.2, 0.25) is 0 Å². The largest absolute Gasteiger partial charge is 0.348 e. The Morgan fingerprint density at radius 2 is 2.05 bits per heavy atom. The molecule has 2 N–H and O–H groups in total. The summed E-state index contributed by atoms with van der Waals surface area (Å²) in [5.74, 6) is -0.800. The Kier molecular flexibility index (Phi) is 4.57. The highest BCUT2D eigenvalue weighted by Gasteiger charge is 2.12. The predicted octanol–water partition coefficient (Wildman–Crippen LogP) is 2.82. The van der Waals surface area contributed by atoms with Crippen molar-refractivity contribution in [3.63, 3.8) is 0 Å². The first-order valence-corrected chi connectivity index (χ1v) is 7.10. The van der Waals surface area contributed by atoms with E-state index in [1.165, 1.54) is 18.2 Å². The van der Waals surface area contributed by atoms with E-state index in [0.29, 0.717) is 15.6 Å². The maximum atomic E-state index is 13.0. The fraction of sp³-hybridized carbons (Fsp3) is 0.200. The number of aryl methyl sites for hydroxylation is 2. The van der Waals surface area contributed by atoms with Crippen molar-refractivity contribution in [3.05, 3.63) is 67.3 Å². The van der Waals surface area contributed by atoms with Crippen LogP contribution < -0.4 is 10.9 Å². The second-order valence-corrected chi connectivity index (χ2v) is 5.60. The van der Waals surface area contributed by atoms with Gasteiger partial charge in [-0.2, -0.15) is 0 Å². The van der Waals surface area contributed by atoms with Gasteiger partial charge in [0.1, 0.15) is 5.82 Å². The van der Waals surface area contributed by atoms with Crippen molar-refractivity contribution >= 4 is 21.8 Å². The van der Waals surface area contributed by atoms with E-state index < -0.39 is 5.82 Å². The smallest absolute Gasteiger partial charge is 0.253 e. The van der Waals surface area contributed by atoms with Crippen molar-refractivity contribution in [1.82, 2.24) is 10.3 Å². The minimum Gasteiger partial charge on any atom is -0.348 e. The average molecular weight is 353 g/mol. The van der Waals surface area contributed by atoms with Gasteiger partial charge in [-0.05, 0) is 59.6 Å². The van der Waals surface area contributed by atoms with Crippen LogP contribution in [-0.4, -0.2) is 10.9 Å². The summed E-state index contributed by atoms with van der Waals surface area (Å²) in [5.41, 5.74) is 2.19. The number of rotatable bonds is 3. The lowest BCUT2D eigenvalue weighted by atomic mass is 10.1. The first kappa shape index (κ1) is 15.4. The first-order valence-electron chi connectivity index (χ1n) is 6.31. The molecule has 2 rings (SSSR count). The number of hydrogen-bond donors (Lipinski definition) is 2. The third-order valence-corrected chi connectivity index (χ3v) is 3.75. The van der Waals surface area contributed by atoms with Gasteiger partial charge < -0.3 is 10.3 Å². The average Bonchev–Trinajstić information content (AvgIpc) is 2.36. The van der Waals surface area contributed by atoms with Crippen LogP contribution in [0, 0.1) is 19.7 Å². The van der Waals surface area contributed by atoms with E-state index in [1.807, 2.05) is 13.0 Å². The van der Waals surface area contributed by atoms with Gasteiger partial charge in [0.15, 0.2) is 0 Å². The quantitative estimate of drug-likeness (QED) is 0.892. The highest BCUT2D eigenvalue weighted by Crippen LogP contribution is 2.18. The monoisotopic (exact) mass is 352 g/mol. The molecule has 4 nitrogen and oxygen atoms in total. The van der Waals surface area contributed by atoms with E-state index in [4.69, 9.17) is 0 Å². The number of H-pyrrole nitrogens is 1. The number of amides is 1. The third kappa shape index (κ3) is 3.58. The number of aromatic amines is 1. The Hall–Kier alpha value is -1.95. The summed E-state index contributed by atoms with van der Waals surface area (Å²) in [6.45, 7) is 3.73. The van der Waals surface area contributed by atoms with Gasteiger partial charge in [0, 0.05) is 22.3 Å². The summed E-state index contributed by atoms with van der Waals surface area (Å²) in [7, 11) is 0. The zero-order chi connectivity index (χ0) is 15.6. The third-order valence-electron chi connectivity index (χ3n) is 3.10. The molecule has 0 aliphatic carbocycles. The highest BCUT2D eigenvalue weighted by molar-refractivity contribution is 9.10. The van der Waals surface area contributed by atoms with Crippen LogP contribution in [0.25, 0.3) is 0 Å². The zero-order valence-corrected chi connectivity index (χ0v) is 13.2. The van der Waals surface area contributed by atoms with Crippen LogP contribution in [0.15, 0.2) is 33.5 Å². The molecular formula is C15H14BrFN2O2. The number of pyridine rings is 1. The summed E-state index contributed by atoms with van der Waals surface area (Å²) in [5, 5.41) is 2.67. The molecule has 21 heavy (non-hydrogen) atoms. The van der Waals surface area contributed by atoms with Gasteiger partial charge >= 0.3 is 0 Å². The zero-order valence-electron chi connectivity index (χ0n) is 11.6. The second-order valence-electron chi connectivity index (χ2n) is 4.75. The predicted molar refractivity (Wildman–Crippen MR) is 81.8 cm³/mol. The van der Waals surface area contributed by atoms with Crippen molar-refractivity contribution in [3.8, 4) is 0 Å². The number of carbonyl (C=O) groups is 1. The molecule has 2 aromatic rings. The molecule has 0 unspecified atom stereocenters. The first-order chi connectivity index (χ1) is 9.88. The summed E-state index contributed by atoms with van der Waals surface area (Å²) < 4.78 is 13.4. The normalized spacial score (nSPS) is 10.5. The van der Waals surface area contributed by atoms with E-state index in [-0.39, 0.29) is 18.0 Å². The van der Waals surface area contributed by atoms with Gasteiger partial charge in [-0.1, -0.05) is 0 Å². The molecule has 6 heteroatoms. The Balaban J connectivity index is 2.17. The number of nitrogens with one attached hydrogen (secondary N) is 2. The van der Waals surface area contributed by atoms with Crippen molar-refractivity contribution < 1.29 is 9.18 Å². The van der Waals surface area contributed by atoms with Crippen molar-refractivity contribution in [2.45, 2.75) is 20.4 Å². The molecule has 0 atom stereocenters. The molecule has 0 spiro atoms. The molecule has 0 aliphatic rings. The molecule has 0 saturated carbocycles. The summed E-state index contributed by atoms with van der Waals surface area (Å²) in [6, 6.07) is 5.67. The van der Waals surface area contributed by atoms with Crippen molar-refractivity contribution in [2.24, 2.45) is 0 Å². The van der Waals surface area contributed by atoms with E-state index in [9.17, 15) is 14.0 Å². The van der Waals surface area contributed by atoms with Gasteiger partial charge in [-0.15, -0.1) is 0 Å². The molecular weight excluding hydrogens is 339 g/mol. The lowest BCUT2D eigenvalue weighted by Crippen LogP contribution is -2.28. The lowest BCUT2D eigenvalue weighted by molar-refractivity contribution is 0.0950. The van der Waals surface area contributed by atoms with Gasteiger partial charge in [-0.3, -0.25) is 9.59 Å². The molecule has 0 aliphatic heterocycles. The van der Waals surface area contributed by atoms with Gasteiger partial charge in [0.25, 0.3) is 11.5 Å². The highest BCUT2D eigenvalue weighted by atomic mass is 79.9. The topological polar surface area (TPSA) is 62.0 Å². The van der Waals surface area contributed by atoms with E-state index in [2.05, 4.69) is 26.2 Å². The maximum Gasteiger partial charge on any atom is 0.253 e. The lowest BCUT2D eigenvalue weighted by Gasteiger charge is -2.09. The minimum atomic E-state index is -0.427. The second kappa shape index (κ2) is 6.22. The van der Waals surface area contributed by atoms with E-state index in [1.54, 1.807) is 6.92 Å². The Bertz CT molecular complexity index is 756. The SMILES string of the molecule is Cc1cc(C)c(CNC(=O)c2ccc(F)cc2Br)c(=O)[nH]1. The van der Waals surface area contributed by atoms with Crippen LogP contribution in [0.4, 0.5) is 4.39 Å². The standard InChI is InChI=1S/C15H14BrFN2O2/c1-8-5-9(2)19-15(21)12(8)7-18-14(20)11-4-3-10(17)6-13(11)16/h3-6H,7H2,1-2H3,(H,18,20)(H,19,21). The molecule has 0 saturated heterocycles. The number of aromatic nitrogens is 1. The van der Waals surface area contributed by atoms with Gasteiger partial charge in [0.05, 0.1) is 5.56 Å². The Morgan fingerprint density at radius 3 is 2.67 bits per heavy atom. The molecule has 0 bridgehead atoms. The molecule has 110 valence electrons. The fourth-order valence-electron chi connectivity index (χ4n) is 2.04. The number of hydrogen-bond acceptors (Lipinski definition) is 2. The summed E-state index contributed by atoms with van der Waals surface area (Å²) in [4.78, 5) is 26.6. The summed E-state index contributed by atoms with van der Waals surface area (Å²) in [6.07, 6.45) is 0. The number of benzene rings is 1. The molecule has 1 amide bonds. The summed E-state index contributed by atoms with van der Waals surface area (Å²) >= 11 is 3.14. The molecule has 0 fully saturated rings. The minimum absolute atomic E-state index is 0.115. The van der Waals surface area contributed by atoms with Crippen LogP contribution in [0.1, 0.15) is 27.2 Å². The Labute approximate surface area is 129 Å². The molecule has 1 heterocycles. The van der Waals surface area contributed by atoms with Crippen LogP contribution in [0.5, 0.6) is 0 Å². The molecule has 1 aromatic carbocycles. The fourth-order valence-corrected chi connectivity index (χ4v) is 2.57. The van der Waals surface area contributed by atoms with E-state index in [0.717, 1.165) is 11.3 Å². The van der Waals surface area contributed by atoms with Gasteiger partial charge in [-0.25, -0.2) is 4.39 Å². The molecule has 0 radical (unpaired) electrons. The van der Waals surface area contributed by atoms with Crippen molar-refractivity contribution in [1.29, 1.82) is 0 Å². The maximum absolute atomic E-state index is 13.0.